The third-order valence-electron chi connectivity index (χ3n) is 4.82. The average Bonchev–Trinajstić information content (AvgIpc) is 2.99. The fourth-order valence-corrected chi connectivity index (χ4v) is 3.60. The van der Waals surface area contributed by atoms with Gasteiger partial charge in [0, 0.05) is 51.2 Å². The number of hydrogen-bond donors (Lipinski definition) is 0. The fraction of sp³-hybridized carbons (Fsp3) is 0.400. The third kappa shape index (κ3) is 3.45. The van der Waals surface area contributed by atoms with E-state index in [4.69, 9.17) is 0 Å². The average molecular weight is 339 g/mol. The van der Waals surface area contributed by atoms with E-state index in [-0.39, 0.29) is 11.8 Å². The van der Waals surface area contributed by atoms with Gasteiger partial charge in [0.1, 0.15) is 0 Å². The number of hydrogen-bond acceptors (Lipinski definition) is 2. The summed E-state index contributed by atoms with van der Waals surface area (Å²) in [7, 11) is 1.90. The van der Waals surface area contributed by atoms with E-state index in [1.807, 2.05) is 60.6 Å². The Balaban J connectivity index is 1.68. The summed E-state index contributed by atoms with van der Waals surface area (Å²) in [4.78, 5) is 29.1. The summed E-state index contributed by atoms with van der Waals surface area (Å²) in [6.07, 6.45) is 3.70. The molecule has 0 radical (unpaired) electrons. The highest BCUT2D eigenvalue weighted by atomic mass is 16.2. The van der Waals surface area contributed by atoms with Crippen LogP contribution in [-0.2, 0) is 7.05 Å². The van der Waals surface area contributed by atoms with Crippen LogP contribution in [0.5, 0.6) is 0 Å². The Labute approximate surface area is 148 Å². The molecular weight excluding hydrogens is 314 g/mol. The van der Waals surface area contributed by atoms with Gasteiger partial charge in [-0.1, -0.05) is 17.7 Å². The molecule has 5 heteroatoms. The van der Waals surface area contributed by atoms with Crippen molar-refractivity contribution in [2.75, 3.05) is 26.2 Å². The molecule has 0 N–H and O–H groups in total. The standard InChI is InChI=1S/C20H25N3O2/c1-14-11-15(2)18(16(3)12-14)20(25)23-9-7-22(8-10-23)19(24)17-5-6-21(4)13-17/h5-6,11-13H,7-10H2,1-4H3. The molecule has 0 atom stereocenters. The monoisotopic (exact) mass is 339 g/mol. The van der Waals surface area contributed by atoms with Gasteiger partial charge in [0.05, 0.1) is 5.56 Å². The SMILES string of the molecule is Cc1cc(C)c(C(=O)N2CCN(C(=O)c3ccn(C)c3)CC2)c(C)c1. The molecule has 132 valence electrons. The summed E-state index contributed by atoms with van der Waals surface area (Å²) in [6.45, 7) is 8.31. The van der Waals surface area contributed by atoms with Crippen molar-refractivity contribution in [3.63, 3.8) is 0 Å². The van der Waals surface area contributed by atoms with Gasteiger partial charge < -0.3 is 14.4 Å². The molecule has 25 heavy (non-hydrogen) atoms. The highest BCUT2D eigenvalue weighted by molar-refractivity contribution is 5.98. The van der Waals surface area contributed by atoms with Crippen molar-refractivity contribution < 1.29 is 9.59 Å². The van der Waals surface area contributed by atoms with Crippen LogP contribution in [0.2, 0.25) is 0 Å². The third-order valence-corrected chi connectivity index (χ3v) is 4.82. The summed E-state index contributed by atoms with van der Waals surface area (Å²) in [5, 5.41) is 0. The van der Waals surface area contributed by atoms with Crippen molar-refractivity contribution in [1.82, 2.24) is 14.4 Å². The van der Waals surface area contributed by atoms with Crippen LogP contribution in [-0.4, -0.2) is 52.4 Å². The van der Waals surface area contributed by atoms with Crippen molar-refractivity contribution in [3.05, 3.63) is 58.4 Å². The minimum Gasteiger partial charge on any atom is -0.356 e. The lowest BCUT2D eigenvalue weighted by molar-refractivity contribution is 0.0534. The number of carbonyl (C=O) groups is 2. The van der Waals surface area contributed by atoms with Crippen LogP contribution in [0.3, 0.4) is 0 Å². The predicted octanol–water partition coefficient (Wildman–Crippen LogP) is 2.55. The molecule has 3 rings (SSSR count). The molecule has 0 spiro atoms. The van der Waals surface area contributed by atoms with Crippen LogP contribution in [0.15, 0.2) is 30.6 Å². The van der Waals surface area contributed by atoms with Crippen LogP contribution >= 0.6 is 0 Å². The summed E-state index contributed by atoms with van der Waals surface area (Å²) in [5.41, 5.74) is 4.71. The lowest BCUT2D eigenvalue weighted by Gasteiger charge is -2.35. The summed E-state index contributed by atoms with van der Waals surface area (Å²) >= 11 is 0. The summed E-state index contributed by atoms with van der Waals surface area (Å²) in [6, 6.07) is 5.93. The number of aryl methyl sites for hydroxylation is 4. The number of amides is 2. The first-order chi connectivity index (χ1) is 11.9. The Morgan fingerprint density at radius 3 is 1.88 bits per heavy atom. The minimum absolute atomic E-state index is 0.0374. The van der Waals surface area contributed by atoms with Crippen LogP contribution in [0.1, 0.15) is 37.4 Å². The lowest BCUT2D eigenvalue weighted by Crippen LogP contribution is -2.50. The van der Waals surface area contributed by atoms with E-state index in [9.17, 15) is 9.59 Å². The smallest absolute Gasteiger partial charge is 0.255 e. The van der Waals surface area contributed by atoms with E-state index in [2.05, 4.69) is 12.1 Å². The largest absolute Gasteiger partial charge is 0.356 e. The highest BCUT2D eigenvalue weighted by Crippen LogP contribution is 2.20. The minimum atomic E-state index is 0.0374. The summed E-state index contributed by atoms with van der Waals surface area (Å²) < 4.78 is 1.87. The first-order valence-corrected chi connectivity index (χ1v) is 8.65. The van der Waals surface area contributed by atoms with Gasteiger partial charge >= 0.3 is 0 Å². The van der Waals surface area contributed by atoms with Crippen LogP contribution < -0.4 is 0 Å². The highest BCUT2D eigenvalue weighted by Gasteiger charge is 2.27. The number of nitrogens with zero attached hydrogens (tertiary/aromatic N) is 3. The molecule has 0 unspecified atom stereocenters. The van der Waals surface area contributed by atoms with E-state index >= 15 is 0 Å². The van der Waals surface area contributed by atoms with Gasteiger partial charge in [-0.15, -0.1) is 0 Å². The maximum atomic E-state index is 12.9. The lowest BCUT2D eigenvalue weighted by atomic mass is 9.98. The summed E-state index contributed by atoms with van der Waals surface area (Å²) in [5.74, 6) is 0.109. The van der Waals surface area contributed by atoms with E-state index in [0.29, 0.717) is 31.7 Å². The zero-order chi connectivity index (χ0) is 18.1. The molecule has 0 bridgehead atoms. The Bertz CT molecular complexity index is 791. The second kappa shape index (κ2) is 6.75. The molecule has 1 aliphatic rings. The maximum Gasteiger partial charge on any atom is 0.255 e. The molecule has 1 aliphatic heterocycles. The van der Waals surface area contributed by atoms with E-state index in [1.54, 1.807) is 0 Å². The number of piperazine rings is 1. The number of aromatic nitrogens is 1. The second-order valence-electron chi connectivity index (χ2n) is 6.92. The van der Waals surface area contributed by atoms with Crippen molar-refractivity contribution in [3.8, 4) is 0 Å². The molecule has 0 aliphatic carbocycles. The molecule has 1 fully saturated rings. The van der Waals surface area contributed by atoms with E-state index in [1.165, 1.54) is 5.56 Å². The van der Waals surface area contributed by atoms with Gasteiger partial charge in [-0.05, 0) is 38.0 Å². The first kappa shape index (κ1) is 17.3. The van der Waals surface area contributed by atoms with Crippen LogP contribution in [0.25, 0.3) is 0 Å². The molecule has 1 aromatic heterocycles. The molecule has 2 aromatic rings. The van der Waals surface area contributed by atoms with Crippen LogP contribution in [0.4, 0.5) is 0 Å². The molecule has 5 nitrogen and oxygen atoms in total. The van der Waals surface area contributed by atoms with Gasteiger partial charge in [0.25, 0.3) is 11.8 Å². The van der Waals surface area contributed by atoms with Crippen molar-refractivity contribution in [2.24, 2.45) is 7.05 Å². The molecule has 2 amide bonds. The number of rotatable bonds is 2. The Morgan fingerprint density at radius 1 is 0.880 bits per heavy atom. The number of benzene rings is 1. The molecule has 1 saturated heterocycles. The zero-order valence-corrected chi connectivity index (χ0v) is 15.4. The maximum absolute atomic E-state index is 12.9. The quantitative estimate of drug-likeness (QED) is 0.844. The molecular formula is C20H25N3O2. The molecule has 1 aromatic carbocycles. The molecule has 0 saturated carbocycles. The first-order valence-electron chi connectivity index (χ1n) is 8.65. The Kier molecular flexibility index (Phi) is 4.66. The number of carbonyl (C=O) groups excluding carboxylic acids is 2. The van der Waals surface area contributed by atoms with Gasteiger partial charge in [0.15, 0.2) is 0 Å². The predicted molar refractivity (Wildman–Crippen MR) is 97.9 cm³/mol. The van der Waals surface area contributed by atoms with Gasteiger partial charge in [-0.2, -0.15) is 0 Å². The van der Waals surface area contributed by atoms with E-state index < -0.39 is 0 Å². The van der Waals surface area contributed by atoms with Crippen LogP contribution in [0, 0.1) is 20.8 Å². The van der Waals surface area contributed by atoms with Crippen molar-refractivity contribution in [2.45, 2.75) is 20.8 Å². The normalized spacial score (nSPS) is 14.7. The Morgan fingerprint density at radius 2 is 1.40 bits per heavy atom. The van der Waals surface area contributed by atoms with Gasteiger partial charge in [-0.3, -0.25) is 9.59 Å². The Hall–Kier alpha value is -2.56. The fourth-order valence-electron chi connectivity index (χ4n) is 3.60. The zero-order valence-electron chi connectivity index (χ0n) is 15.4. The topological polar surface area (TPSA) is 45.6 Å². The van der Waals surface area contributed by atoms with Crippen molar-refractivity contribution in [1.29, 1.82) is 0 Å². The second-order valence-corrected chi connectivity index (χ2v) is 6.92. The van der Waals surface area contributed by atoms with E-state index in [0.717, 1.165) is 16.7 Å². The van der Waals surface area contributed by atoms with Gasteiger partial charge in [-0.25, -0.2) is 0 Å². The van der Waals surface area contributed by atoms with Crippen molar-refractivity contribution >= 4 is 11.8 Å². The van der Waals surface area contributed by atoms with Gasteiger partial charge in [0.2, 0.25) is 0 Å². The molecule has 2 heterocycles.